The molecule has 19 heavy (non-hydrogen) atoms. The lowest BCUT2D eigenvalue weighted by atomic mass is 10.2. The van der Waals surface area contributed by atoms with Crippen LogP contribution in [0.2, 0.25) is 5.02 Å². The van der Waals surface area contributed by atoms with E-state index < -0.39 is 0 Å². The fourth-order valence-electron chi connectivity index (χ4n) is 2.26. The summed E-state index contributed by atoms with van der Waals surface area (Å²) in [6, 6.07) is 8.02. The Kier molecular flexibility index (Phi) is 5.19. The van der Waals surface area contributed by atoms with Crippen LogP contribution < -0.4 is 10.6 Å². The third-order valence-electron chi connectivity index (χ3n) is 3.48. The van der Waals surface area contributed by atoms with Gasteiger partial charge in [-0.15, -0.1) is 0 Å². The van der Waals surface area contributed by atoms with E-state index in [0.29, 0.717) is 24.2 Å². The van der Waals surface area contributed by atoms with Gasteiger partial charge in [0.25, 0.3) is 0 Å². The standard InChI is InChI=1S/C14H20ClN3O/c1-18(12-6-7-16-9-12)10-14(19)17-8-11-4-2-3-5-13(11)15/h2-5,12,16H,6-10H2,1H3,(H,17,19). The van der Waals surface area contributed by atoms with Crippen molar-refractivity contribution in [3.63, 3.8) is 0 Å². The molecule has 0 radical (unpaired) electrons. The minimum atomic E-state index is 0.0364. The van der Waals surface area contributed by atoms with E-state index >= 15 is 0 Å². The summed E-state index contributed by atoms with van der Waals surface area (Å²) in [6.07, 6.45) is 1.11. The van der Waals surface area contributed by atoms with Gasteiger partial charge < -0.3 is 10.6 Å². The van der Waals surface area contributed by atoms with Crippen LogP contribution in [0, 0.1) is 0 Å². The second-order valence-corrected chi connectivity index (χ2v) is 5.34. The van der Waals surface area contributed by atoms with E-state index in [4.69, 9.17) is 11.6 Å². The van der Waals surface area contributed by atoms with E-state index in [1.54, 1.807) is 0 Å². The van der Waals surface area contributed by atoms with E-state index in [-0.39, 0.29) is 5.91 Å². The number of nitrogens with one attached hydrogen (secondary N) is 2. The van der Waals surface area contributed by atoms with Gasteiger partial charge in [0.2, 0.25) is 5.91 Å². The zero-order valence-corrected chi connectivity index (χ0v) is 11.9. The van der Waals surface area contributed by atoms with E-state index in [2.05, 4.69) is 15.5 Å². The summed E-state index contributed by atoms with van der Waals surface area (Å²) in [5.41, 5.74) is 0.947. The number of carbonyl (C=O) groups excluding carboxylic acids is 1. The SMILES string of the molecule is CN(CC(=O)NCc1ccccc1Cl)C1CCNC1. The summed E-state index contributed by atoms with van der Waals surface area (Å²) < 4.78 is 0. The molecule has 1 atom stereocenters. The van der Waals surface area contributed by atoms with Crippen molar-refractivity contribution in [2.75, 3.05) is 26.7 Å². The van der Waals surface area contributed by atoms with Crippen molar-refractivity contribution in [1.82, 2.24) is 15.5 Å². The zero-order chi connectivity index (χ0) is 13.7. The maximum Gasteiger partial charge on any atom is 0.234 e. The highest BCUT2D eigenvalue weighted by atomic mass is 35.5. The molecule has 0 bridgehead atoms. The van der Waals surface area contributed by atoms with Gasteiger partial charge in [0.05, 0.1) is 6.54 Å². The molecule has 1 aliphatic heterocycles. The lowest BCUT2D eigenvalue weighted by Crippen LogP contribution is -2.41. The van der Waals surface area contributed by atoms with Crippen LogP contribution >= 0.6 is 11.6 Å². The third-order valence-corrected chi connectivity index (χ3v) is 3.85. The summed E-state index contributed by atoms with van der Waals surface area (Å²) >= 11 is 6.05. The zero-order valence-electron chi connectivity index (χ0n) is 11.2. The number of rotatable bonds is 5. The molecule has 2 N–H and O–H groups in total. The number of amides is 1. The number of halogens is 1. The lowest BCUT2D eigenvalue weighted by Gasteiger charge is -2.22. The lowest BCUT2D eigenvalue weighted by molar-refractivity contribution is -0.122. The quantitative estimate of drug-likeness (QED) is 0.854. The van der Waals surface area contributed by atoms with Gasteiger partial charge >= 0.3 is 0 Å². The number of likely N-dealkylation sites (N-methyl/N-ethyl adjacent to an activating group) is 1. The molecule has 1 saturated heterocycles. The molecule has 0 spiro atoms. The van der Waals surface area contributed by atoms with Gasteiger partial charge in [0.15, 0.2) is 0 Å². The van der Waals surface area contributed by atoms with Crippen molar-refractivity contribution in [2.24, 2.45) is 0 Å². The monoisotopic (exact) mass is 281 g/mol. The summed E-state index contributed by atoms with van der Waals surface area (Å²) in [5.74, 6) is 0.0364. The molecular formula is C14H20ClN3O. The first-order valence-electron chi connectivity index (χ1n) is 6.58. The predicted molar refractivity (Wildman–Crippen MR) is 77.2 cm³/mol. The normalized spacial score (nSPS) is 18.8. The van der Waals surface area contributed by atoms with Crippen molar-refractivity contribution in [2.45, 2.75) is 19.0 Å². The molecular weight excluding hydrogens is 262 g/mol. The van der Waals surface area contributed by atoms with Gasteiger partial charge in [-0.2, -0.15) is 0 Å². The Morgan fingerprint density at radius 1 is 1.53 bits per heavy atom. The number of nitrogens with zero attached hydrogens (tertiary/aromatic N) is 1. The minimum absolute atomic E-state index is 0.0364. The first-order valence-corrected chi connectivity index (χ1v) is 6.95. The van der Waals surface area contributed by atoms with Crippen LogP contribution in [-0.4, -0.2) is 43.5 Å². The first kappa shape index (κ1) is 14.3. The number of benzene rings is 1. The smallest absolute Gasteiger partial charge is 0.234 e. The Morgan fingerprint density at radius 2 is 2.32 bits per heavy atom. The average Bonchev–Trinajstić information content (AvgIpc) is 2.91. The molecule has 0 aromatic heterocycles. The maximum absolute atomic E-state index is 11.9. The third kappa shape index (κ3) is 4.20. The Bertz CT molecular complexity index is 432. The van der Waals surface area contributed by atoms with E-state index in [1.165, 1.54) is 0 Å². The summed E-state index contributed by atoms with van der Waals surface area (Å²) in [4.78, 5) is 14.0. The fraction of sp³-hybridized carbons (Fsp3) is 0.500. The summed E-state index contributed by atoms with van der Waals surface area (Å²) in [6.45, 7) is 2.91. The Morgan fingerprint density at radius 3 is 3.00 bits per heavy atom. The molecule has 1 aromatic rings. The molecule has 4 nitrogen and oxygen atoms in total. The van der Waals surface area contributed by atoms with Crippen LogP contribution in [0.4, 0.5) is 0 Å². The summed E-state index contributed by atoms with van der Waals surface area (Å²) in [7, 11) is 1.99. The summed E-state index contributed by atoms with van der Waals surface area (Å²) in [5, 5.41) is 6.90. The van der Waals surface area contributed by atoms with Crippen LogP contribution in [0.15, 0.2) is 24.3 Å². The Labute approximate surface area is 119 Å². The van der Waals surface area contributed by atoms with Gasteiger partial charge in [0.1, 0.15) is 0 Å². The fourth-order valence-corrected chi connectivity index (χ4v) is 2.47. The second-order valence-electron chi connectivity index (χ2n) is 4.93. The Balaban J connectivity index is 1.77. The van der Waals surface area contributed by atoms with Crippen LogP contribution in [0.5, 0.6) is 0 Å². The van der Waals surface area contributed by atoms with Crippen LogP contribution in [0.25, 0.3) is 0 Å². The van der Waals surface area contributed by atoms with Gasteiger partial charge in [-0.25, -0.2) is 0 Å². The minimum Gasteiger partial charge on any atom is -0.351 e. The van der Waals surface area contributed by atoms with Gasteiger partial charge in [-0.05, 0) is 31.6 Å². The first-order chi connectivity index (χ1) is 9.16. The molecule has 104 valence electrons. The highest BCUT2D eigenvalue weighted by molar-refractivity contribution is 6.31. The highest BCUT2D eigenvalue weighted by Gasteiger charge is 2.20. The molecule has 1 heterocycles. The van der Waals surface area contributed by atoms with Crippen LogP contribution in [-0.2, 0) is 11.3 Å². The molecule has 1 amide bonds. The largest absolute Gasteiger partial charge is 0.351 e. The van der Waals surface area contributed by atoms with Crippen LogP contribution in [0.3, 0.4) is 0 Å². The molecule has 1 aliphatic rings. The van der Waals surface area contributed by atoms with Gasteiger partial charge in [-0.3, -0.25) is 9.69 Å². The van der Waals surface area contributed by atoms with E-state index in [0.717, 1.165) is 25.1 Å². The number of hydrogen-bond acceptors (Lipinski definition) is 3. The van der Waals surface area contributed by atoms with E-state index in [1.807, 2.05) is 31.3 Å². The van der Waals surface area contributed by atoms with Crippen molar-refractivity contribution < 1.29 is 4.79 Å². The molecule has 5 heteroatoms. The van der Waals surface area contributed by atoms with Gasteiger partial charge in [0, 0.05) is 24.2 Å². The van der Waals surface area contributed by atoms with E-state index in [9.17, 15) is 4.79 Å². The molecule has 0 saturated carbocycles. The van der Waals surface area contributed by atoms with Crippen molar-refractivity contribution in [1.29, 1.82) is 0 Å². The van der Waals surface area contributed by atoms with Crippen LogP contribution in [0.1, 0.15) is 12.0 Å². The number of carbonyl (C=O) groups is 1. The molecule has 0 aliphatic carbocycles. The molecule has 2 rings (SSSR count). The molecule has 1 fully saturated rings. The Hall–Kier alpha value is -1.10. The topological polar surface area (TPSA) is 44.4 Å². The number of hydrogen-bond donors (Lipinski definition) is 2. The molecule has 1 aromatic carbocycles. The van der Waals surface area contributed by atoms with Gasteiger partial charge in [-0.1, -0.05) is 29.8 Å². The predicted octanol–water partition coefficient (Wildman–Crippen LogP) is 1.25. The second kappa shape index (κ2) is 6.89. The average molecular weight is 282 g/mol. The van der Waals surface area contributed by atoms with Crippen molar-refractivity contribution >= 4 is 17.5 Å². The van der Waals surface area contributed by atoms with Crippen molar-refractivity contribution in [3.05, 3.63) is 34.9 Å². The highest BCUT2D eigenvalue weighted by Crippen LogP contribution is 2.14. The van der Waals surface area contributed by atoms with Crippen molar-refractivity contribution in [3.8, 4) is 0 Å². The maximum atomic E-state index is 11.9. The molecule has 1 unspecified atom stereocenters.